The minimum atomic E-state index is -0.965. The summed E-state index contributed by atoms with van der Waals surface area (Å²) in [4.78, 5) is 27.9. The first-order chi connectivity index (χ1) is 12.5. The van der Waals surface area contributed by atoms with Crippen LogP contribution in [0.5, 0.6) is 5.75 Å². The molecular weight excluding hydrogens is 338 g/mol. The Bertz CT molecular complexity index is 585. The van der Waals surface area contributed by atoms with Crippen LogP contribution in [0, 0.1) is 5.92 Å². The maximum absolute atomic E-state index is 12.2. The number of carbonyl (C=O) groups is 2. The lowest BCUT2D eigenvalue weighted by Crippen LogP contribution is -2.49. The Morgan fingerprint density at radius 3 is 2.31 bits per heavy atom. The SMILES string of the molecule is COc1ccc(NC(=O)C[C@H](CN2CCN(CCO)CC2)C(=O)O)cc1. The Balaban J connectivity index is 1.83. The van der Waals surface area contributed by atoms with Crippen molar-refractivity contribution in [2.24, 2.45) is 5.92 Å². The van der Waals surface area contributed by atoms with Crippen molar-refractivity contribution < 1.29 is 24.5 Å². The number of anilines is 1. The first-order valence-corrected chi connectivity index (χ1v) is 8.74. The molecule has 1 atom stereocenters. The van der Waals surface area contributed by atoms with Crippen LogP contribution < -0.4 is 10.1 Å². The van der Waals surface area contributed by atoms with Gasteiger partial charge in [-0.15, -0.1) is 0 Å². The number of β-amino-alcohol motifs (C(OH)–C–C–N with tert-alkyl or cyclic N) is 1. The number of methoxy groups -OCH3 is 1. The molecule has 1 aromatic carbocycles. The molecule has 3 N–H and O–H groups in total. The maximum atomic E-state index is 12.2. The van der Waals surface area contributed by atoms with Crippen molar-refractivity contribution in [1.29, 1.82) is 0 Å². The van der Waals surface area contributed by atoms with Gasteiger partial charge in [0, 0.05) is 51.4 Å². The summed E-state index contributed by atoms with van der Waals surface area (Å²) in [6.45, 7) is 4.19. The minimum absolute atomic E-state index is 0.0712. The number of rotatable bonds is 9. The molecule has 1 aromatic rings. The topological polar surface area (TPSA) is 102 Å². The van der Waals surface area contributed by atoms with E-state index in [2.05, 4.69) is 15.1 Å². The lowest BCUT2D eigenvalue weighted by atomic mass is 10.0. The summed E-state index contributed by atoms with van der Waals surface area (Å²) in [5.41, 5.74) is 0.609. The van der Waals surface area contributed by atoms with Crippen molar-refractivity contribution >= 4 is 17.6 Å². The zero-order valence-electron chi connectivity index (χ0n) is 15.1. The number of ether oxygens (including phenoxy) is 1. The number of benzene rings is 1. The van der Waals surface area contributed by atoms with Crippen molar-refractivity contribution in [3.05, 3.63) is 24.3 Å². The van der Waals surface area contributed by atoms with Crippen LogP contribution in [0.4, 0.5) is 5.69 Å². The largest absolute Gasteiger partial charge is 0.497 e. The first-order valence-electron chi connectivity index (χ1n) is 8.74. The summed E-state index contributed by atoms with van der Waals surface area (Å²) in [5, 5.41) is 21.2. The molecule has 8 heteroatoms. The molecule has 0 aliphatic carbocycles. The van der Waals surface area contributed by atoms with E-state index in [-0.39, 0.29) is 18.9 Å². The number of nitrogens with one attached hydrogen (secondary N) is 1. The second-order valence-corrected chi connectivity index (χ2v) is 6.38. The monoisotopic (exact) mass is 365 g/mol. The van der Waals surface area contributed by atoms with E-state index < -0.39 is 11.9 Å². The van der Waals surface area contributed by atoms with Crippen LogP contribution in [0.2, 0.25) is 0 Å². The molecule has 1 fully saturated rings. The zero-order valence-corrected chi connectivity index (χ0v) is 15.1. The quantitative estimate of drug-likeness (QED) is 0.580. The molecule has 1 heterocycles. The first kappa shape index (κ1) is 20.2. The molecule has 26 heavy (non-hydrogen) atoms. The molecule has 1 aliphatic rings. The zero-order chi connectivity index (χ0) is 18.9. The number of piperazine rings is 1. The number of aliphatic carboxylic acids is 1. The predicted molar refractivity (Wildman–Crippen MR) is 97.3 cm³/mol. The molecule has 0 radical (unpaired) electrons. The Kier molecular flexibility index (Phi) is 7.83. The summed E-state index contributed by atoms with van der Waals surface area (Å²) in [7, 11) is 1.56. The second-order valence-electron chi connectivity index (χ2n) is 6.38. The highest BCUT2D eigenvalue weighted by molar-refractivity contribution is 5.93. The fraction of sp³-hybridized carbons (Fsp3) is 0.556. The van der Waals surface area contributed by atoms with E-state index in [0.717, 1.165) is 26.2 Å². The molecule has 0 bridgehead atoms. The number of aliphatic hydroxyl groups excluding tert-OH is 1. The van der Waals surface area contributed by atoms with Crippen LogP contribution in [-0.4, -0.2) is 84.9 Å². The van der Waals surface area contributed by atoms with Gasteiger partial charge in [-0.2, -0.15) is 0 Å². The third-order valence-electron chi connectivity index (χ3n) is 4.51. The molecule has 0 aromatic heterocycles. The van der Waals surface area contributed by atoms with Gasteiger partial charge in [-0.25, -0.2) is 0 Å². The van der Waals surface area contributed by atoms with Gasteiger partial charge in [0.25, 0.3) is 0 Å². The molecule has 0 spiro atoms. The fourth-order valence-corrected chi connectivity index (χ4v) is 2.99. The molecule has 144 valence electrons. The van der Waals surface area contributed by atoms with Gasteiger partial charge < -0.3 is 20.3 Å². The van der Waals surface area contributed by atoms with Gasteiger partial charge in [-0.3, -0.25) is 19.4 Å². The molecule has 1 amide bonds. The highest BCUT2D eigenvalue weighted by atomic mass is 16.5. The average molecular weight is 365 g/mol. The standard InChI is InChI=1S/C18H27N3O5/c1-26-16-4-2-15(3-5-16)19-17(23)12-14(18(24)25)13-21-8-6-20(7-9-21)10-11-22/h2-5,14,22H,6-13H2,1H3,(H,19,23)(H,24,25)/t14-/m1/s1. The van der Waals surface area contributed by atoms with E-state index >= 15 is 0 Å². The van der Waals surface area contributed by atoms with E-state index in [0.29, 0.717) is 24.5 Å². The number of aliphatic hydroxyl groups is 1. The predicted octanol–water partition coefficient (Wildman–Crippen LogP) is 0.335. The summed E-state index contributed by atoms with van der Waals surface area (Å²) in [6, 6.07) is 6.89. The fourth-order valence-electron chi connectivity index (χ4n) is 2.99. The van der Waals surface area contributed by atoms with Crippen molar-refractivity contribution in [1.82, 2.24) is 9.80 Å². The van der Waals surface area contributed by atoms with Crippen LogP contribution in [0.25, 0.3) is 0 Å². The van der Waals surface area contributed by atoms with Crippen LogP contribution in [0.3, 0.4) is 0 Å². The van der Waals surface area contributed by atoms with Crippen molar-refractivity contribution in [2.75, 3.05) is 58.3 Å². The van der Waals surface area contributed by atoms with Gasteiger partial charge in [0.1, 0.15) is 5.75 Å². The van der Waals surface area contributed by atoms with Gasteiger partial charge >= 0.3 is 5.97 Å². The number of hydrogen-bond acceptors (Lipinski definition) is 6. The Morgan fingerprint density at radius 1 is 1.15 bits per heavy atom. The Labute approximate surface area is 153 Å². The normalized spacial score (nSPS) is 16.8. The molecule has 1 saturated heterocycles. The highest BCUT2D eigenvalue weighted by Crippen LogP contribution is 2.16. The van der Waals surface area contributed by atoms with E-state index in [9.17, 15) is 14.7 Å². The van der Waals surface area contributed by atoms with Crippen LogP contribution in [0.15, 0.2) is 24.3 Å². The van der Waals surface area contributed by atoms with E-state index in [1.165, 1.54) is 0 Å². The summed E-state index contributed by atoms with van der Waals surface area (Å²) in [6.07, 6.45) is -0.0712. The van der Waals surface area contributed by atoms with Gasteiger partial charge in [0.15, 0.2) is 0 Å². The average Bonchev–Trinajstić information content (AvgIpc) is 2.63. The lowest BCUT2D eigenvalue weighted by molar-refractivity contribution is -0.144. The second kappa shape index (κ2) is 10.1. The third kappa shape index (κ3) is 6.29. The number of carbonyl (C=O) groups excluding carboxylic acids is 1. The third-order valence-corrected chi connectivity index (χ3v) is 4.51. The number of carboxylic acid groups (broad SMARTS) is 1. The van der Waals surface area contributed by atoms with Gasteiger partial charge in [-0.05, 0) is 24.3 Å². The van der Waals surface area contributed by atoms with E-state index in [4.69, 9.17) is 9.84 Å². The van der Waals surface area contributed by atoms with Crippen molar-refractivity contribution in [3.63, 3.8) is 0 Å². The van der Waals surface area contributed by atoms with Gasteiger partial charge in [-0.1, -0.05) is 0 Å². The highest BCUT2D eigenvalue weighted by Gasteiger charge is 2.26. The minimum Gasteiger partial charge on any atom is -0.497 e. The number of carboxylic acids is 1. The number of hydrogen-bond donors (Lipinski definition) is 3. The molecule has 1 aliphatic heterocycles. The van der Waals surface area contributed by atoms with E-state index in [1.807, 2.05) is 0 Å². The van der Waals surface area contributed by atoms with Gasteiger partial charge in [0.05, 0.1) is 19.6 Å². The van der Waals surface area contributed by atoms with E-state index in [1.54, 1.807) is 31.4 Å². The molecular formula is C18H27N3O5. The Hall–Kier alpha value is -2.16. The number of nitrogens with zero attached hydrogens (tertiary/aromatic N) is 2. The molecule has 0 saturated carbocycles. The molecule has 8 nitrogen and oxygen atoms in total. The molecule has 2 rings (SSSR count). The van der Waals surface area contributed by atoms with Crippen LogP contribution in [-0.2, 0) is 9.59 Å². The smallest absolute Gasteiger partial charge is 0.308 e. The van der Waals surface area contributed by atoms with Crippen molar-refractivity contribution in [2.45, 2.75) is 6.42 Å². The van der Waals surface area contributed by atoms with Crippen LogP contribution in [0.1, 0.15) is 6.42 Å². The Morgan fingerprint density at radius 2 is 1.77 bits per heavy atom. The maximum Gasteiger partial charge on any atom is 0.308 e. The lowest BCUT2D eigenvalue weighted by Gasteiger charge is -2.35. The number of amides is 1. The summed E-state index contributed by atoms with van der Waals surface area (Å²) in [5.74, 6) is -1.35. The van der Waals surface area contributed by atoms with Gasteiger partial charge in [0.2, 0.25) is 5.91 Å². The van der Waals surface area contributed by atoms with Crippen molar-refractivity contribution in [3.8, 4) is 5.75 Å². The van der Waals surface area contributed by atoms with Crippen LogP contribution >= 0.6 is 0 Å². The summed E-state index contributed by atoms with van der Waals surface area (Å²) < 4.78 is 5.06. The summed E-state index contributed by atoms with van der Waals surface area (Å²) >= 11 is 0. The molecule has 0 unspecified atom stereocenters.